The fourth-order valence-corrected chi connectivity index (χ4v) is 3.06. The van der Waals surface area contributed by atoms with E-state index in [0.717, 1.165) is 6.42 Å². The van der Waals surface area contributed by atoms with Crippen molar-refractivity contribution < 1.29 is 23.8 Å². The van der Waals surface area contributed by atoms with Gasteiger partial charge in [0.05, 0.1) is 19.3 Å². The van der Waals surface area contributed by atoms with Crippen LogP contribution in [-0.4, -0.2) is 80.4 Å². The van der Waals surface area contributed by atoms with Crippen LogP contribution in [0.5, 0.6) is 5.75 Å². The molecule has 0 bridgehead atoms. The zero-order valence-corrected chi connectivity index (χ0v) is 15.7. The van der Waals surface area contributed by atoms with Gasteiger partial charge in [0.15, 0.2) is 6.61 Å². The van der Waals surface area contributed by atoms with Gasteiger partial charge in [0.25, 0.3) is 5.91 Å². The first-order chi connectivity index (χ1) is 13.1. The molecule has 0 unspecified atom stereocenters. The molecule has 0 aliphatic carbocycles. The van der Waals surface area contributed by atoms with E-state index in [1.165, 1.54) is 0 Å². The molecule has 8 heteroatoms. The van der Waals surface area contributed by atoms with Crippen LogP contribution in [0.15, 0.2) is 24.3 Å². The lowest BCUT2D eigenvalue weighted by molar-refractivity contribution is -0.137. The number of urea groups is 1. The van der Waals surface area contributed by atoms with Gasteiger partial charge in [-0.2, -0.15) is 0 Å². The highest BCUT2D eigenvalue weighted by atomic mass is 16.5. The summed E-state index contributed by atoms with van der Waals surface area (Å²) in [7, 11) is 0. The summed E-state index contributed by atoms with van der Waals surface area (Å²) >= 11 is 0. The number of hydrogen-bond acceptors (Lipinski definition) is 5. The number of amides is 3. The number of hydrogen-bond donors (Lipinski definition) is 1. The Labute approximate surface area is 159 Å². The molecule has 148 valence electrons. The molecule has 2 fully saturated rings. The van der Waals surface area contributed by atoms with Crippen molar-refractivity contribution in [2.45, 2.75) is 19.4 Å². The molecule has 0 saturated carbocycles. The average molecular weight is 377 g/mol. The van der Waals surface area contributed by atoms with Crippen molar-refractivity contribution in [2.75, 3.05) is 57.9 Å². The van der Waals surface area contributed by atoms with E-state index in [0.29, 0.717) is 57.4 Å². The van der Waals surface area contributed by atoms with Gasteiger partial charge in [-0.3, -0.25) is 4.79 Å². The van der Waals surface area contributed by atoms with E-state index in [-0.39, 0.29) is 24.6 Å². The van der Waals surface area contributed by atoms with Crippen LogP contribution in [0.25, 0.3) is 0 Å². The predicted molar refractivity (Wildman–Crippen MR) is 100.0 cm³/mol. The molecule has 8 nitrogen and oxygen atoms in total. The Morgan fingerprint density at radius 3 is 2.59 bits per heavy atom. The number of benzene rings is 1. The molecule has 1 N–H and O–H groups in total. The van der Waals surface area contributed by atoms with Crippen molar-refractivity contribution in [2.24, 2.45) is 0 Å². The molecule has 1 aromatic carbocycles. The number of carbonyl (C=O) groups excluding carboxylic acids is 2. The lowest BCUT2D eigenvalue weighted by Crippen LogP contribution is -2.42. The molecule has 2 aliphatic heterocycles. The van der Waals surface area contributed by atoms with Gasteiger partial charge in [0, 0.05) is 38.5 Å². The number of carbonyl (C=O) groups is 2. The summed E-state index contributed by atoms with van der Waals surface area (Å²) in [5, 5.41) is 2.89. The molecular weight excluding hydrogens is 350 g/mol. The van der Waals surface area contributed by atoms with Gasteiger partial charge in [-0.15, -0.1) is 0 Å². The highest BCUT2D eigenvalue weighted by Crippen LogP contribution is 2.17. The number of rotatable bonds is 4. The van der Waals surface area contributed by atoms with Crippen LogP contribution in [0, 0.1) is 0 Å². The zero-order valence-electron chi connectivity index (χ0n) is 15.7. The summed E-state index contributed by atoms with van der Waals surface area (Å²) in [6.07, 6.45) is 0.875. The summed E-state index contributed by atoms with van der Waals surface area (Å²) in [6, 6.07) is 6.89. The summed E-state index contributed by atoms with van der Waals surface area (Å²) < 4.78 is 16.4. The molecule has 2 heterocycles. The standard InChI is InChI=1S/C19H27N3O5/c1-15-13-22(7-2-10-26-15)19(24)20-16-3-5-17(6-4-16)27-14-18(23)21-8-11-25-12-9-21/h3-6,15H,2,7-14H2,1H3,(H,20,24)/t15-/m1/s1. The molecule has 2 aliphatic rings. The van der Waals surface area contributed by atoms with Crippen LogP contribution in [-0.2, 0) is 14.3 Å². The summed E-state index contributed by atoms with van der Waals surface area (Å²) in [5.41, 5.74) is 0.685. The van der Waals surface area contributed by atoms with Gasteiger partial charge in [-0.25, -0.2) is 4.79 Å². The lowest BCUT2D eigenvalue weighted by atomic mass is 10.3. The first-order valence-electron chi connectivity index (χ1n) is 9.38. The molecule has 0 aromatic heterocycles. The van der Waals surface area contributed by atoms with Gasteiger partial charge < -0.3 is 29.3 Å². The predicted octanol–water partition coefficient (Wildman–Crippen LogP) is 1.57. The van der Waals surface area contributed by atoms with Crippen LogP contribution in [0.1, 0.15) is 13.3 Å². The second-order valence-corrected chi connectivity index (χ2v) is 6.72. The minimum atomic E-state index is -0.136. The van der Waals surface area contributed by atoms with Crippen molar-refractivity contribution in [3.05, 3.63) is 24.3 Å². The summed E-state index contributed by atoms with van der Waals surface area (Å²) in [4.78, 5) is 28.0. The molecule has 1 aromatic rings. The largest absolute Gasteiger partial charge is 0.484 e. The maximum absolute atomic E-state index is 12.4. The Kier molecular flexibility index (Phi) is 6.89. The Morgan fingerprint density at radius 1 is 1.11 bits per heavy atom. The van der Waals surface area contributed by atoms with Gasteiger partial charge >= 0.3 is 6.03 Å². The van der Waals surface area contributed by atoms with Crippen molar-refractivity contribution in [3.63, 3.8) is 0 Å². The highest BCUT2D eigenvalue weighted by molar-refractivity contribution is 5.89. The van der Waals surface area contributed by atoms with Gasteiger partial charge in [-0.1, -0.05) is 0 Å². The quantitative estimate of drug-likeness (QED) is 0.862. The Balaban J connectivity index is 1.46. The summed E-state index contributed by atoms with van der Waals surface area (Å²) in [5.74, 6) is 0.541. The third kappa shape index (κ3) is 5.83. The minimum absolute atomic E-state index is 0.00261. The van der Waals surface area contributed by atoms with Crippen molar-refractivity contribution in [1.29, 1.82) is 0 Å². The van der Waals surface area contributed by atoms with Crippen molar-refractivity contribution in [3.8, 4) is 5.75 Å². The van der Waals surface area contributed by atoms with Crippen LogP contribution < -0.4 is 10.1 Å². The molecule has 0 spiro atoms. The second-order valence-electron chi connectivity index (χ2n) is 6.72. The SMILES string of the molecule is C[C@@H]1CN(C(=O)Nc2ccc(OCC(=O)N3CCOCC3)cc2)CCCO1. The van der Waals surface area contributed by atoms with Crippen LogP contribution in [0.4, 0.5) is 10.5 Å². The number of nitrogens with zero attached hydrogens (tertiary/aromatic N) is 2. The maximum Gasteiger partial charge on any atom is 0.321 e. The highest BCUT2D eigenvalue weighted by Gasteiger charge is 2.20. The molecule has 3 amide bonds. The third-order valence-electron chi connectivity index (χ3n) is 4.57. The third-order valence-corrected chi connectivity index (χ3v) is 4.57. The van der Waals surface area contributed by atoms with E-state index < -0.39 is 0 Å². The van der Waals surface area contributed by atoms with Crippen LogP contribution in [0.2, 0.25) is 0 Å². The van der Waals surface area contributed by atoms with Crippen LogP contribution >= 0.6 is 0 Å². The van der Waals surface area contributed by atoms with Gasteiger partial charge in [0.1, 0.15) is 5.75 Å². The Bertz CT molecular complexity index is 631. The zero-order chi connectivity index (χ0) is 19.1. The van der Waals surface area contributed by atoms with E-state index in [4.69, 9.17) is 14.2 Å². The second kappa shape index (κ2) is 9.57. The average Bonchev–Trinajstić information content (AvgIpc) is 2.92. The number of morpholine rings is 1. The lowest BCUT2D eigenvalue weighted by Gasteiger charge is -2.26. The smallest absolute Gasteiger partial charge is 0.321 e. The first-order valence-corrected chi connectivity index (χ1v) is 9.38. The maximum atomic E-state index is 12.4. The fraction of sp³-hybridized carbons (Fsp3) is 0.579. The van der Waals surface area contributed by atoms with E-state index in [1.54, 1.807) is 34.1 Å². The van der Waals surface area contributed by atoms with Crippen LogP contribution in [0.3, 0.4) is 0 Å². The van der Waals surface area contributed by atoms with E-state index in [9.17, 15) is 9.59 Å². The monoisotopic (exact) mass is 377 g/mol. The summed E-state index contributed by atoms with van der Waals surface area (Å²) in [6.45, 7) is 6.26. The number of anilines is 1. The number of ether oxygens (including phenoxy) is 3. The molecule has 3 rings (SSSR count). The van der Waals surface area contributed by atoms with Crippen molar-refractivity contribution in [1.82, 2.24) is 9.80 Å². The van der Waals surface area contributed by atoms with Crippen molar-refractivity contribution >= 4 is 17.6 Å². The molecule has 0 radical (unpaired) electrons. The van der Waals surface area contributed by atoms with E-state index >= 15 is 0 Å². The molecular formula is C19H27N3O5. The Hall–Kier alpha value is -2.32. The van der Waals surface area contributed by atoms with E-state index in [2.05, 4.69) is 5.32 Å². The minimum Gasteiger partial charge on any atom is -0.484 e. The fourth-order valence-electron chi connectivity index (χ4n) is 3.06. The Morgan fingerprint density at radius 2 is 1.85 bits per heavy atom. The molecule has 2 saturated heterocycles. The first kappa shape index (κ1) is 19.4. The van der Waals surface area contributed by atoms with Gasteiger partial charge in [0.2, 0.25) is 0 Å². The van der Waals surface area contributed by atoms with Gasteiger partial charge in [-0.05, 0) is 37.6 Å². The molecule has 1 atom stereocenters. The number of nitrogens with one attached hydrogen (secondary N) is 1. The topological polar surface area (TPSA) is 80.3 Å². The molecule has 27 heavy (non-hydrogen) atoms. The van der Waals surface area contributed by atoms with E-state index in [1.807, 2.05) is 6.92 Å². The normalized spacial score (nSPS) is 20.7.